The topological polar surface area (TPSA) is 162 Å². The molecule has 0 spiro atoms. The summed E-state index contributed by atoms with van der Waals surface area (Å²) in [4.78, 5) is 31.7. The lowest BCUT2D eigenvalue weighted by atomic mass is 10.1. The molecule has 0 radical (unpaired) electrons. The van der Waals surface area contributed by atoms with Crippen molar-refractivity contribution in [1.82, 2.24) is 19.9 Å². The minimum Gasteiger partial charge on any atom is -0.461 e. The number of nitrogens with two attached hydrogens (primary N) is 1. The van der Waals surface area contributed by atoms with Crippen molar-refractivity contribution in [3.05, 3.63) is 18.6 Å². The average molecular weight is 468 g/mol. The van der Waals surface area contributed by atoms with Gasteiger partial charge in [0.25, 0.3) is 0 Å². The van der Waals surface area contributed by atoms with E-state index in [0.717, 1.165) is 0 Å². The number of carbonyl (C=O) groups excluding carboxylic acids is 2. The van der Waals surface area contributed by atoms with Crippen LogP contribution in [0, 0.1) is 0 Å². The number of thioether (sulfide) groups is 1. The molecule has 2 aromatic rings. The van der Waals surface area contributed by atoms with Crippen molar-refractivity contribution in [2.45, 2.75) is 63.9 Å². The van der Waals surface area contributed by atoms with Crippen molar-refractivity contribution in [1.29, 1.82) is 0 Å². The fourth-order valence-corrected chi connectivity index (χ4v) is 4.58. The lowest BCUT2D eigenvalue weighted by molar-refractivity contribution is -0.151. The monoisotopic (exact) mass is 467 g/mol. The molecular formula is C20H29N5O6S. The van der Waals surface area contributed by atoms with Crippen LogP contribution in [-0.2, 0) is 19.1 Å². The van der Waals surface area contributed by atoms with Crippen LogP contribution in [-0.4, -0.2) is 78.6 Å². The molecule has 0 aliphatic carbocycles. The quantitative estimate of drug-likeness (QED) is 0.296. The van der Waals surface area contributed by atoms with Gasteiger partial charge in [-0.2, -0.15) is 11.8 Å². The third-order valence-electron chi connectivity index (χ3n) is 5.00. The van der Waals surface area contributed by atoms with E-state index in [1.807, 2.05) is 0 Å². The molecule has 5 N–H and O–H groups in total. The Hall–Kier alpha value is -2.41. The Balaban J connectivity index is 1.57. The van der Waals surface area contributed by atoms with E-state index in [0.29, 0.717) is 34.8 Å². The number of nitrogens with one attached hydrogen (secondary N) is 1. The number of nitrogen functional groups attached to an aromatic ring is 1. The molecule has 2 aromatic heterocycles. The normalized spacial score (nSPS) is 24.1. The molecule has 176 valence electrons. The van der Waals surface area contributed by atoms with Gasteiger partial charge in [-0.05, 0) is 32.1 Å². The summed E-state index contributed by atoms with van der Waals surface area (Å²) in [6.45, 7) is 4.83. The first kappa shape index (κ1) is 24.2. The first-order valence-electron chi connectivity index (χ1n) is 10.3. The van der Waals surface area contributed by atoms with E-state index in [-0.39, 0.29) is 12.0 Å². The Bertz CT molecular complexity index is 954. The van der Waals surface area contributed by atoms with E-state index in [1.54, 1.807) is 30.7 Å². The van der Waals surface area contributed by atoms with Crippen LogP contribution in [0.3, 0.4) is 0 Å². The Morgan fingerprint density at radius 1 is 1.34 bits per heavy atom. The smallest absolute Gasteiger partial charge is 0.328 e. The Labute approximate surface area is 189 Å². The summed E-state index contributed by atoms with van der Waals surface area (Å²) in [7, 11) is 0. The number of anilines is 1. The first-order valence-corrected chi connectivity index (χ1v) is 11.5. The predicted octanol–water partition coefficient (Wildman–Crippen LogP) is 0.212. The second-order valence-corrected chi connectivity index (χ2v) is 9.02. The summed E-state index contributed by atoms with van der Waals surface area (Å²) in [6.07, 6.45) is -0.601. The van der Waals surface area contributed by atoms with Gasteiger partial charge in [0, 0.05) is 18.9 Å². The Kier molecular flexibility index (Phi) is 7.93. The summed E-state index contributed by atoms with van der Waals surface area (Å²) >= 11 is 1.44. The number of nitrogens with zero attached hydrogens (tertiary/aromatic N) is 3. The number of hydrogen-bond donors (Lipinski definition) is 4. The lowest BCUT2D eigenvalue weighted by Crippen LogP contribution is -2.42. The average Bonchev–Trinajstić information content (AvgIpc) is 3.26. The Morgan fingerprint density at radius 2 is 2.09 bits per heavy atom. The Morgan fingerprint density at radius 3 is 2.78 bits per heavy atom. The van der Waals surface area contributed by atoms with E-state index >= 15 is 0 Å². The van der Waals surface area contributed by atoms with Gasteiger partial charge in [-0.1, -0.05) is 0 Å². The molecule has 1 amide bonds. The van der Waals surface area contributed by atoms with Crippen molar-refractivity contribution in [3.63, 3.8) is 0 Å². The highest BCUT2D eigenvalue weighted by atomic mass is 32.2. The third kappa shape index (κ3) is 5.49. The molecule has 1 saturated heterocycles. The second kappa shape index (κ2) is 10.5. The van der Waals surface area contributed by atoms with E-state index < -0.39 is 36.6 Å². The number of ether oxygens (including phenoxy) is 2. The largest absolute Gasteiger partial charge is 0.461 e. The number of aliphatic hydroxyl groups is 2. The van der Waals surface area contributed by atoms with E-state index in [4.69, 9.17) is 15.2 Å². The zero-order valence-electron chi connectivity index (χ0n) is 18.2. The molecule has 1 aliphatic heterocycles. The molecule has 3 heterocycles. The van der Waals surface area contributed by atoms with E-state index in [1.165, 1.54) is 25.0 Å². The molecule has 1 fully saturated rings. The van der Waals surface area contributed by atoms with Crippen LogP contribution in [0.1, 0.15) is 33.4 Å². The molecular weight excluding hydrogens is 438 g/mol. The number of fused-ring (bicyclic) bond motifs is 1. The number of aromatic nitrogens is 3. The van der Waals surface area contributed by atoms with Gasteiger partial charge < -0.3 is 35.3 Å². The predicted molar refractivity (Wildman–Crippen MR) is 119 cm³/mol. The number of esters is 1. The van der Waals surface area contributed by atoms with Gasteiger partial charge in [-0.15, -0.1) is 0 Å². The van der Waals surface area contributed by atoms with Crippen LogP contribution in [0.25, 0.3) is 11.0 Å². The number of aliphatic hydroxyl groups excluding tert-OH is 2. The molecule has 5 atom stereocenters. The minimum atomic E-state index is -1.15. The van der Waals surface area contributed by atoms with Gasteiger partial charge in [0.15, 0.2) is 6.23 Å². The first-order chi connectivity index (χ1) is 15.2. The maximum absolute atomic E-state index is 12.2. The standard InChI is InChI=1S/C20H29N5O6S/c1-10(2)30-20(29)13(24-11(3)26)5-7-32-8-14-15(27)16(28)19(31-14)25-6-4-12-17(21)22-9-23-18(12)25/h4,6,9-10,13-16,19,27-28H,5,7-8H2,1-3H3,(H,24,26)(H2,21,22,23)/t13?,14-,15-,16-,19?/m1/s1. The fraction of sp³-hybridized carbons (Fsp3) is 0.600. The SMILES string of the molecule is CC(=O)NC(CCSC[C@H]1OC(n2ccc3c(N)ncnc32)[C@H](O)[C@@H]1O)C(=O)OC(C)C. The molecule has 1 aliphatic rings. The van der Waals surface area contributed by atoms with Crippen molar-refractivity contribution in [2.75, 3.05) is 17.2 Å². The highest BCUT2D eigenvalue weighted by molar-refractivity contribution is 7.99. The minimum absolute atomic E-state index is 0.280. The summed E-state index contributed by atoms with van der Waals surface area (Å²) in [5.74, 6) is 0.422. The highest BCUT2D eigenvalue weighted by Crippen LogP contribution is 2.34. The summed E-state index contributed by atoms with van der Waals surface area (Å²) in [5, 5.41) is 24.3. The van der Waals surface area contributed by atoms with Gasteiger partial charge >= 0.3 is 5.97 Å². The van der Waals surface area contributed by atoms with Crippen molar-refractivity contribution in [3.8, 4) is 0 Å². The van der Waals surface area contributed by atoms with Gasteiger partial charge in [0.1, 0.15) is 36.0 Å². The van der Waals surface area contributed by atoms with Crippen molar-refractivity contribution >= 4 is 40.5 Å². The fourth-order valence-electron chi connectivity index (χ4n) is 3.50. The zero-order chi connectivity index (χ0) is 23.4. The summed E-state index contributed by atoms with van der Waals surface area (Å²) < 4.78 is 12.7. The molecule has 3 rings (SSSR count). The van der Waals surface area contributed by atoms with Crippen LogP contribution in [0.2, 0.25) is 0 Å². The molecule has 12 heteroatoms. The maximum Gasteiger partial charge on any atom is 0.328 e. The number of amides is 1. The van der Waals surface area contributed by atoms with Crippen LogP contribution >= 0.6 is 11.8 Å². The van der Waals surface area contributed by atoms with Crippen molar-refractivity contribution < 1.29 is 29.3 Å². The van der Waals surface area contributed by atoms with Crippen LogP contribution in [0.15, 0.2) is 18.6 Å². The number of carbonyl (C=O) groups is 2. The summed E-state index contributed by atoms with van der Waals surface area (Å²) in [5.41, 5.74) is 6.36. The molecule has 11 nitrogen and oxygen atoms in total. The third-order valence-corrected chi connectivity index (χ3v) is 6.09. The van der Waals surface area contributed by atoms with Crippen LogP contribution in [0.5, 0.6) is 0 Å². The molecule has 2 unspecified atom stereocenters. The van der Waals surface area contributed by atoms with Gasteiger partial charge in [-0.3, -0.25) is 4.79 Å². The van der Waals surface area contributed by atoms with Crippen LogP contribution in [0.4, 0.5) is 5.82 Å². The second-order valence-electron chi connectivity index (χ2n) is 7.87. The lowest BCUT2D eigenvalue weighted by Gasteiger charge is -2.19. The molecule has 0 saturated carbocycles. The highest BCUT2D eigenvalue weighted by Gasteiger charge is 2.44. The van der Waals surface area contributed by atoms with Gasteiger partial charge in [0.2, 0.25) is 5.91 Å². The van der Waals surface area contributed by atoms with Gasteiger partial charge in [0.05, 0.1) is 17.6 Å². The van der Waals surface area contributed by atoms with Gasteiger partial charge in [-0.25, -0.2) is 14.8 Å². The molecule has 0 bridgehead atoms. The van der Waals surface area contributed by atoms with E-state index in [9.17, 15) is 19.8 Å². The molecule has 0 aromatic carbocycles. The molecule has 32 heavy (non-hydrogen) atoms. The summed E-state index contributed by atoms with van der Waals surface area (Å²) in [6, 6.07) is 0.986. The zero-order valence-corrected chi connectivity index (χ0v) is 19.0. The maximum atomic E-state index is 12.2. The number of hydrogen-bond acceptors (Lipinski definition) is 10. The van der Waals surface area contributed by atoms with Crippen molar-refractivity contribution in [2.24, 2.45) is 0 Å². The van der Waals surface area contributed by atoms with Crippen LogP contribution < -0.4 is 11.1 Å². The number of rotatable bonds is 9. The van der Waals surface area contributed by atoms with E-state index in [2.05, 4.69) is 15.3 Å².